The van der Waals surface area contributed by atoms with Crippen molar-refractivity contribution in [1.29, 1.82) is 0 Å². The van der Waals surface area contributed by atoms with Crippen LogP contribution in [0.4, 0.5) is 0 Å². The minimum absolute atomic E-state index is 0.0322. The Hall–Kier alpha value is -0.340. The average Bonchev–Trinajstić information content (AvgIpc) is 2.19. The molecule has 2 aliphatic rings. The van der Waals surface area contributed by atoms with E-state index in [1.807, 2.05) is 13.8 Å². The number of allylic oxidation sites excluding steroid dienone is 2. The van der Waals surface area contributed by atoms with Crippen molar-refractivity contribution in [2.45, 2.75) is 64.4 Å². The van der Waals surface area contributed by atoms with Crippen molar-refractivity contribution in [3.8, 4) is 0 Å². The Labute approximate surface area is 114 Å². The molecule has 0 heterocycles. The highest BCUT2D eigenvalue weighted by molar-refractivity contribution is 6.21. The second-order valence-electron chi connectivity index (χ2n) is 6.97. The van der Waals surface area contributed by atoms with Gasteiger partial charge in [-0.2, -0.15) is 0 Å². The van der Waals surface area contributed by atoms with E-state index in [4.69, 9.17) is 11.6 Å². The van der Waals surface area contributed by atoms with Crippen LogP contribution in [0.25, 0.3) is 0 Å². The Morgan fingerprint density at radius 1 is 1.33 bits per heavy atom. The smallest absolute Gasteiger partial charge is 0.156 e. The van der Waals surface area contributed by atoms with Crippen molar-refractivity contribution in [1.82, 2.24) is 0 Å². The lowest BCUT2D eigenvalue weighted by Gasteiger charge is -2.56. The van der Waals surface area contributed by atoms with Gasteiger partial charge in [-0.05, 0) is 50.0 Å². The molecule has 18 heavy (non-hydrogen) atoms. The normalized spacial score (nSPS) is 44.0. The van der Waals surface area contributed by atoms with Crippen LogP contribution in [0, 0.1) is 10.8 Å². The first-order valence-corrected chi connectivity index (χ1v) is 7.12. The van der Waals surface area contributed by atoms with Crippen LogP contribution in [0.15, 0.2) is 11.6 Å². The summed E-state index contributed by atoms with van der Waals surface area (Å²) in [5.41, 5.74) is 0.247. The Kier molecular flexibility index (Phi) is 3.19. The molecule has 0 aliphatic heterocycles. The molecule has 0 radical (unpaired) electrons. The molecule has 3 heteroatoms. The number of rotatable bonds is 0. The zero-order valence-electron chi connectivity index (χ0n) is 11.7. The topological polar surface area (TPSA) is 37.3 Å². The molecule has 2 nitrogen and oxygen atoms in total. The molecule has 1 fully saturated rings. The minimum atomic E-state index is -0.787. The molecule has 0 aromatic rings. The van der Waals surface area contributed by atoms with Gasteiger partial charge in [0.25, 0.3) is 0 Å². The van der Waals surface area contributed by atoms with Crippen molar-refractivity contribution in [3.05, 3.63) is 11.6 Å². The number of carbonyl (C=O) groups excluding carboxylic acids is 1. The van der Waals surface area contributed by atoms with E-state index in [-0.39, 0.29) is 22.0 Å². The zero-order chi connectivity index (χ0) is 13.8. The summed E-state index contributed by atoms with van der Waals surface area (Å²) in [6, 6.07) is 0. The third-order valence-electron chi connectivity index (χ3n) is 5.30. The van der Waals surface area contributed by atoms with Gasteiger partial charge in [0, 0.05) is 6.42 Å². The van der Waals surface area contributed by atoms with E-state index in [0.717, 1.165) is 18.4 Å². The van der Waals surface area contributed by atoms with Crippen LogP contribution in [-0.2, 0) is 4.79 Å². The highest BCUT2D eigenvalue weighted by Crippen LogP contribution is 2.60. The molecular weight excluding hydrogens is 248 g/mol. The van der Waals surface area contributed by atoms with Crippen LogP contribution in [0.3, 0.4) is 0 Å². The molecule has 0 bridgehead atoms. The van der Waals surface area contributed by atoms with E-state index < -0.39 is 5.60 Å². The van der Waals surface area contributed by atoms with Crippen molar-refractivity contribution < 1.29 is 9.90 Å². The van der Waals surface area contributed by atoms with Gasteiger partial charge in [-0.1, -0.05) is 19.4 Å². The van der Waals surface area contributed by atoms with Crippen molar-refractivity contribution in [2.75, 3.05) is 0 Å². The monoisotopic (exact) mass is 270 g/mol. The van der Waals surface area contributed by atoms with Gasteiger partial charge >= 0.3 is 0 Å². The summed E-state index contributed by atoms with van der Waals surface area (Å²) in [4.78, 5) is 11.8. The van der Waals surface area contributed by atoms with E-state index in [1.165, 1.54) is 0 Å². The fourth-order valence-electron chi connectivity index (χ4n) is 3.79. The number of ketones is 1. The summed E-state index contributed by atoms with van der Waals surface area (Å²) in [5, 5.41) is 10.00. The Balaban J connectivity index is 2.42. The van der Waals surface area contributed by atoms with Crippen molar-refractivity contribution in [3.63, 3.8) is 0 Å². The predicted octanol–water partition coefficient (Wildman–Crippen LogP) is 3.46. The maximum Gasteiger partial charge on any atom is 0.156 e. The number of alkyl halides is 1. The Morgan fingerprint density at radius 3 is 2.44 bits per heavy atom. The minimum Gasteiger partial charge on any atom is -0.389 e. The van der Waals surface area contributed by atoms with Crippen molar-refractivity contribution in [2.24, 2.45) is 10.8 Å². The lowest BCUT2D eigenvalue weighted by atomic mass is 9.50. The van der Waals surface area contributed by atoms with Gasteiger partial charge < -0.3 is 5.11 Å². The number of hydrogen-bond donors (Lipinski definition) is 1. The van der Waals surface area contributed by atoms with E-state index in [2.05, 4.69) is 13.8 Å². The van der Waals surface area contributed by atoms with Crippen LogP contribution in [0.2, 0.25) is 0 Å². The molecule has 0 aromatic carbocycles. The molecule has 0 amide bonds. The largest absolute Gasteiger partial charge is 0.389 e. The molecule has 0 aromatic heterocycles. The fraction of sp³-hybridized carbons (Fsp3) is 0.800. The van der Waals surface area contributed by atoms with Gasteiger partial charge in [-0.25, -0.2) is 0 Å². The molecule has 1 N–H and O–H groups in total. The highest BCUT2D eigenvalue weighted by Gasteiger charge is 2.55. The third-order valence-corrected chi connectivity index (χ3v) is 5.93. The van der Waals surface area contributed by atoms with Crippen molar-refractivity contribution >= 4 is 17.4 Å². The van der Waals surface area contributed by atoms with Gasteiger partial charge in [0.2, 0.25) is 0 Å². The van der Waals surface area contributed by atoms with Crippen LogP contribution in [0.5, 0.6) is 0 Å². The van der Waals surface area contributed by atoms with Crippen LogP contribution >= 0.6 is 11.6 Å². The maximum atomic E-state index is 11.8. The second kappa shape index (κ2) is 4.08. The maximum absolute atomic E-state index is 11.8. The number of halogens is 1. The number of aliphatic hydroxyl groups is 1. The molecular formula is C15H23ClO2. The molecule has 1 spiro atoms. The third kappa shape index (κ3) is 1.94. The fourth-order valence-corrected chi connectivity index (χ4v) is 4.17. The van der Waals surface area contributed by atoms with Gasteiger partial charge in [0.05, 0.1) is 11.0 Å². The van der Waals surface area contributed by atoms with E-state index >= 15 is 0 Å². The first kappa shape index (κ1) is 14.1. The first-order valence-electron chi connectivity index (χ1n) is 6.69. The number of hydrogen-bond acceptors (Lipinski definition) is 2. The second-order valence-corrected chi connectivity index (χ2v) is 7.49. The summed E-state index contributed by atoms with van der Waals surface area (Å²) >= 11 is 6.40. The summed E-state index contributed by atoms with van der Waals surface area (Å²) in [5.74, 6) is 0.214. The van der Waals surface area contributed by atoms with Gasteiger partial charge in [0.15, 0.2) is 5.78 Å². The highest BCUT2D eigenvalue weighted by atomic mass is 35.5. The average molecular weight is 271 g/mol. The van der Waals surface area contributed by atoms with Gasteiger partial charge in [-0.3, -0.25) is 4.79 Å². The van der Waals surface area contributed by atoms with Gasteiger partial charge in [0.1, 0.15) is 0 Å². The van der Waals surface area contributed by atoms with E-state index in [0.29, 0.717) is 12.8 Å². The lowest BCUT2D eigenvalue weighted by Crippen LogP contribution is -2.53. The molecule has 2 aliphatic carbocycles. The Bertz CT molecular complexity index is 409. The SMILES string of the molecule is CC1=CC(=O)CC(C)(C)[C@@]12CCC(C)(O)C(Cl)C2. The summed E-state index contributed by atoms with van der Waals surface area (Å²) < 4.78 is 0. The van der Waals surface area contributed by atoms with Crippen LogP contribution in [0.1, 0.15) is 53.4 Å². The molecule has 2 rings (SSSR count). The standard InChI is InChI=1S/C15H23ClO2/c1-10-7-11(17)8-13(2,3)15(10)6-5-14(4,18)12(16)9-15/h7,12,18H,5-6,8-9H2,1-4H3/t12?,14?,15-/m1/s1. The van der Waals surface area contributed by atoms with Crippen LogP contribution in [-0.4, -0.2) is 21.9 Å². The predicted molar refractivity (Wildman–Crippen MR) is 73.7 cm³/mol. The van der Waals surface area contributed by atoms with E-state index in [9.17, 15) is 9.90 Å². The molecule has 0 saturated heterocycles. The lowest BCUT2D eigenvalue weighted by molar-refractivity contribution is -0.121. The Morgan fingerprint density at radius 2 is 1.94 bits per heavy atom. The van der Waals surface area contributed by atoms with Crippen LogP contribution < -0.4 is 0 Å². The zero-order valence-corrected chi connectivity index (χ0v) is 12.5. The summed E-state index contributed by atoms with van der Waals surface area (Å²) in [7, 11) is 0. The molecule has 1 saturated carbocycles. The first-order chi connectivity index (χ1) is 8.11. The molecule has 3 atom stereocenters. The van der Waals surface area contributed by atoms with E-state index in [1.54, 1.807) is 6.08 Å². The van der Waals surface area contributed by atoms with Gasteiger partial charge in [-0.15, -0.1) is 11.6 Å². The quantitative estimate of drug-likeness (QED) is 0.685. The summed E-state index contributed by atoms with van der Waals surface area (Å²) in [6.45, 7) is 8.18. The molecule has 2 unspecified atom stereocenters. The summed E-state index contributed by atoms with van der Waals surface area (Å²) in [6.07, 6.45) is 4.73. The number of carbonyl (C=O) groups is 1. The molecule has 102 valence electrons.